The van der Waals surface area contributed by atoms with Crippen LogP contribution in [0.4, 0.5) is 0 Å². The molecule has 0 fully saturated rings. The second-order valence-corrected chi connectivity index (χ2v) is 3.54. The number of hydrogen-bond donors (Lipinski definition) is 0. The van der Waals surface area contributed by atoms with Crippen LogP contribution >= 0.6 is 0 Å². The lowest BCUT2D eigenvalue weighted by atomic mass is 10.2. The van der Waals surface area contributed by atoms with Crippen LogP contribution in [0.3, 0.4) is 0 Å². The first-order valence-electron chi connectivity index (χ1n) is 4.91. The standard InChI is InChI=1S/C12H16N2O/c1-10(11(2)15)13-14(3)9-12-7-5-4-6-8-12/h4-8H,9H2,1-3H3/b13-10+. The number of Topliss-reactive ketones (excluding diaryl/α,β-unsaturated/α-hetero) is 1. The predicted molar refractivity (Wildman–Crippen MR) is 61.7 cm³/mol. The lowest BCUT2D eigenvalue weighted by molar-refractivity contribution is -0.111. The first-order valence-corrected chi connectivity index (χ1v) is 4.91. The molecule has 1 aromatic rings. The van der Waals surface area contributed by atoms with Crippen LogP contribution in [0.2, 0.25) is 0 Å². The minimum atomic E-state index is 0.00918. The van der Waals surface area contributed by atoms with Gasteiger partial charge in [0.25, 0.3) is 0 Å². The molecule has 0 aliphatic carbocycles. The number of ketones is 1. The average Bonchev–Trinajstić information content (AvgIpc) is 2.18. The van der Waals surface area contributed by atoms with Crippen LogP contribution in [0, 0.1) is 0 Å². The third kappa shape index (κ3) is 3.94. The summed E-state index contributed by atoms with van der Waals surface area (Å²) in [6.07, 6.45) is 0. The van der Waals surface area contributed by atoms with Crippen LogP contribution in [0.25, 0.3) is 0 Å². The summed E-state index contributed by atoms with van der Waals surface area (Å²) in [6, 6.07) is 10.0. The molecule has 0 unspecified atom stereocenters. The highest BCUT2D eigenvalue weighted by Crippen LogP contribution is 2.02. The minimum Gasteiger partial charge on any atom is -0.295 e. The summed E-state index contributed by atoms with van der Waals surface area (Å²) in [5, 5.41) is 5.94. The van der Waals surface area contributed by atoms with Gasteiger partial charge in [0.2, 0.25) is 0 Å². The molecule has 0 amide bonds. The van der Waals surface area contributed by atoms with E-state index in [-0.39, 0.29) is 5.78 Å². The highest BCUT2D eigenvalue weighted by atomic mass is 16.1. The Bertz CT molecular complexity index is 357. The molecule has 0 aromatic heterocycles. The number of carbonyl (C=O) groups is 1. The highest BCUT2D eigenvalue weighted by molar-refractivity contribution is 6.37. The van der Waals surface area contributed by atoms with Gasteiger partial charge in [-0.25, -0.2) is 0 Å². The van der Waals surface area contributed by atoms with E-state index >= 15 is 0 Å². The molecule has 15 heavy (non-hydrogen) atoms. The maximum Gasteiger partial charge on any atom is 0.175 e. The van der Waals surface area contributed by atoms with Gasteiger partial charge in [-0.2, -0.15) is 5.10 Å². The van der Waals surface area contributed by atoms with Gasteiger partial charge in [0.15, 0.2) is 5.78 Å². The van der Waals surface area contributed by atoms with Gasteiger partial charge in [-0.15, -0.1) is 0 Å². The number of benzene rings is 1. The van der Waals surface area contributed by atoms with Crippen molar-refractivity contribution in [2.45, 2.75) is 20.4 Å². The molecule has 0 saturated heterocycles. The molecule has 1 aromatic carbocycles. The lowest BCUT2D eigenvalue weighted by Crippen LogP contribution is -2.16. The van der Waals surface area contributed by atoms with Gasteiger partial charge >= 0.3 is 0 Å². The molecule has 3 nitrogen and oxygen atoms in total. The molecule has 80 valence electrons. The summed E-state index contributed by atoms with van der Waals surface area (Å²) in [4.78, 5) is 11.0. The Morgan fingerprint density at radius 1 is 1.27 bits per heavy atom. The Balaban J connectivity index is 2.61. The fourth-order valence-electron chi connectivity index (χ4n) is 1.21. The van der Waals surface area contributed by atoms with Crippen LogP contribution in [0.15, 0.2) is 35.4 Å². The summed E-state index contributed by atoms with van der Waals surface area (Å²) in [6.45, 7) is 3.96. The highest BCUT2D eigenvalue weighted by Gasteiger charge is 2.00. The monoisotopic (exact) mass is 204 g/mol. The first-order chi connectivity index (χ1) is 7.09. The van der Waals surface area contributed by atoms with E-state index in [1.54, 1.807) is 11.9 Å². The molecule has 0 aliphatic heterocycles. The summed E-state index contributed by atoms with van der Waals surface area (Å²) < 4.78 is 0. The largest absolute Gasteiger partial charge is 0.295 e. The van der Waals surface area contributed by atoms with Crippen LogP contribution in [0.1, 0.15) is 19.4 Å². The van der Waals surface area contributed by atoms with Crippen LogP contribution < -0.4 is 0 Å². The predicted octanol–water partition coefficient (Wildman–Crippen LogP) is 2.08. The van der Waals surface area contributed by atoms with Crippen LogP contribution in [-0.4, -0.2) is 23.6 Å². The van der Waals surface area contributed by atoms with Crippen molar-refractivity contribution in [3.8, 4) is 0 Å². The smallest absolute Gasteiger partial charge is 0.175 e. The maximum absolute atomic E-state index is 11.0. The van der Waals surface area contributed by atoms with Crippen molar-refractivity contribution >= 4 is 11.5 Å². The van der Waals surface area contributed by atoms with Gasteiger partial charge < -0.3 is 0 Å². The summed E-state index contributed by atoms with van der Waals surface area (Å²) in [7, 11) is 1.86. The van der Waals surface area contributed by atoms with Gasteiger partial charge in [0, 0.05) is 14.0 Å². The molecule has 3 heteroatoms. The van der Waals surface area contributed by atoms with Gasteiger partial charge in [-0.3, -0.25) is 9.80 Å². The minimum absolute atomic E-state index is 0.00918. The molecule has 0 heterocycles. The third-order valence-corrected chi connectivity index (χ3v) is 2.08. The van der Waals surface area contributed by atoms with Gasteiger partial charge in [0.1, 0.15) is 0 Å². The van der Waals surface area contributed by atoms with Crippen LogP contribution in [-0.2, 0) is 11.3 Å². The first kappa shape index (κ1) is 11.4. The Labute approximate surface area is 90.4 Å². The van der Waals surface area contributed by atoms with E-state index < -0.39 is 0 Å². The van der Waals surface area contributed by atoms with Gasteiger partial charge in [-0.05, 0) is 12.5 Å². The molecule has 0 radical (unpaired) electrons. The zero-order valence-corrected chi connectivity index (χ0v) is 9.40. The summed E-state index contributed by atoms with van der Waals surface area (Å²) >= 11 is 0. The summed E-state index contributed by atoms with van der Waals surface area (Å²) in [5.74, 6) is 0.00918. The van der Waals surface area contributed by atoms with Crippen LogP contribution in [0.5, 0.6) is 0 Å². The second kappa shape index (κ2) is 5.29. The van der Waals surface area contributed by atoms with Crippen molar-refractivity contribution in [1.29, 1.82) is 0 Å². The SMILES string of the molecule is CC(=O)/C(C)=N/N(C)Cc1ccccc1. The van der Waals surface area contributed by atoms with E-state index in [2.05, 4.69) is 5.10 Å². The molecule has 0 N–H and O–H groups in total. The Morgan fingerprint density at radius 2 is 1.87 bits per heavy atom. The van der Waals surface area contributed by atoms with E-state index in [4.69, 9.17) is 0 Å². The second-order valence-electron chi connectivity index (χ2n) is 3.54. The fourth-order valence-corrected chi connectivity index (χ4v) is 1.21. The number of hydrazone groups is 1. The van der Waals surface area contributed by atoms with Gasteiger partial charge in [-0.1, -0.05) is 30.3 Å². The molecule has 0 aliphatic rings. The van der Waals surface area contributed by atoms with Gasteiger partial charge in [0.05, 0.1) is 12.3 Å². The molecule has 0 bridgehead atoms. The maximum atomic E-state index is 11.0. The van der Waals surface area contributed by atoms with Crippen molar-refractivity contribution < 1.29 is 4.79 Å². The quantitative estimate of drug-likeness (QED) is 0.555. The van der Waals surface area contributed by atoms with E-state index in [0.29, 0.717) is 12.3 Å². The van der Waals surface area contributed by atoms with Crippen molar-refractivity contribution in [3.63, 3.8) is 0 Å². The lowest BCUT2D eigenvalue weighted by Gasteiger charge is -2.13. The third-order valence-electron chi connectivity index (χ3n) is 2.08. The van der Waals surface area contributed by atoms with Crippen molar-refractivity contribution in [2.75, 3.05) is 7.05 Å². The number of carbonyl (C=O) groups excluding carboxylic acids is 1. The Morgan fingerprint density at radius 3 is 2.40 bits per heavy atom. The number of rotatable bonds is 4. The van der Waals surface area contributed by atoms with E-state index in [9.17, 15) is 4.79 Å². The normalized spacial score (nSPS) is 11.3. The number of nitrogens with zero attached hydrogens (tertiary/aromatic N) is 2. The van der Waals surface area contributed by atoms with E-state index in [0.717, 1.165) is 0 Å². The topological polar surface area (TPSA) is 32.7 Å². The fraction of sp³-hybridized carbons (Fsp3) is 0.333. The Kier molecular flexibility index (Phi) is 4.03. The molecule has 0 spiro atoms. The van der Waals surface area contributed by atoms with Crippen molar-refractivity contribution in [1.82, 2.24) is 5.01 Å². The molecule has 0 atom stereocenters. The molecular formula is C12H16N2O. The molecule has 0 saturated carbocycles. The zero-order valence-electron chi connectivity index (χ0n) is 9.40. The molecular weight excluding hydrogens is 188 g/mol. The molecule has 1 rings (SSSR count). The average molecular weight is 204 g/mol. The number of hydrogen-bond acceptors (Lipinski definition) is 3. The Hall–Kier alpha value is -1.64. The van der Waals surface area contributed by atoms with Crippen molar-refractivity contribution in [3.05, 3.63) is 35.9 Å². The summed E-state index contributed by atoms with van der Waals surface area (Å²) in [5.41, 5.74) is 1.72. The van der Waals surface area contributed by atoms with E-state index in [1.165, 1.54) is 12.5 Å². The zero-order chi connectivity index (χ0) is 11.3. The van der Waals surface area contributed by atoms with Crippen molar-refractivity contribution in [2.24, 2.45) is 5.10 Å². The van der Waals surface area contributed by atoms with E-state index in [1.807, 2.05) is 37.4 Å².